The predicted octanol–water partition coefficient (Wildman–Crippen LogP) is 3.65. The van der Waals surface area contributed by atoms with E-state index in [1.807, 2.05) is 6.92 Å². The van der Waals surface area contributed by atoms with E-state index in [2.05, 4.69) is 5.32 Å². The van der Waals surface area contributed by atoms with Gasteiger partial charge in [0, 0.05) is 12.6 Å². The Morgan fingerprint density at radius 2 is 1.70 bits per heavy atom. The van der Waals surface area contributed by atoms with Crippen molar-refractivity contribution >= 4 is 0 Å². The number of rotatable bonds is 6. The molecule has 0 bridgehead atoms. The summed E-state index contributed by atoms with van der Waals surface area (Å²) in [5.41, 5.74) is 1.67. The van der Waals surface area contributed by atoms with Gasteiger partial charge in [-0.3, -0.25) is 0 Å². The maximum absolute atomic E-state index is 13.5. The van der Waals surface area contributed by atoms with Crippen LogP contribution in [0.2, 0.25) is 0 Å². The second-order valence-electron chi connectivity index (χ2n) is 4.49. The fourth-order valence-corrected chi connectivity index (χ4v) is 1.82. The van der Waals surface area contributed by atoms with E-state index in [0.29, 0.717) is 12.3 Å². The molecule has 0 spiro atoms. The summed E-state index contributed by atoms with van der Waals surface area (Å²) in [5.74, 6) is -0.135. The van der Waals surface area contributed by atoms with Crippen LogP contribution in [0.5, 0.6) is 5.75 Å². The molecule has 2 aromatic carbocycles. The molecule has 0 saturated carbocycles. The van der Waals surface area contributed by atoms with Crippen molar-refractivity contribution in [2.75, 3.05) is 6.54 Å². The zero-order chi connectivity index (χ0) is 14.4. The molecule has 0 fully saturated rings. The van der Waals surface area contributed by atoms with E-state index < -0.39 is 0 Å². The van der Waals surface area contributed by atoms with Gasteiger partial charge >= 0.3 is 0 Å². The second-order valence-corrected chi connectivity index (χ2v) is 4.49. The quantitative estimate of drug-likeness (QED) is 0.870. The summed E-state index contributed by atoms with van der Waals surface area (Å²) < 4.78 is 31.8. The van der Waals surface area contributed by atoms with Gasteiger partial charge in [0.25, 0.3) is 0 Å². The average Bonchev–Trinajstić information content (AvgIpc) is 2.44. The number of nitrogens with one attached hydrogen (secondary N) is 1. The molecule has 0 aliphatic carbocycles. The number of halogens is 2. The van der Waals surface area contributed by atoms with Crippen LogP contribution >= 0.6 is 0 Å². The van der Waals surface area contributed by atoms with Gasteiger partial charge in [0.1, 0.15) is 24.0 Å². The molecule has 4 heteroatoms. The third-order valence-electron chi connectivity index (χ3n) is 2.83. The van der Waals surface area contributed by atoms with Crippen LogP contribution in [0, 0.1) is 11.6 Å². The maximum Gasteiger partial charge on any atom is 0.127 e. The molecule has 2 nitrogen and oxygen atoms in total. The Morgan fingerprint density at radius 3 is 2.40 bits per heavy atom. The minimum Gasteiger partial charge on any atom is -0.489 e. The van der Waals surface area contributed by atoms with Crippen molar-refractivity contribution in [1.82, 2.24) is 5.32 Å². The molecule has 20 heavy (non-hydrogen) atoms. The average molecular weight is 277 g/mol. The SMILES string of the molecule is CCNCc1cc(F)cc(OCc2ccc(F)cc2)c1. The van der Waals surface area contributed by atoms with Crippen LogP contribution in [-0.2, 0) is 13.2 Å². The van der Waals surface area contributed by atoms with Gasteiger partial charge in [0.2, 0.25) is 0 Å². The first-order chi connectivity index (χ1) is 9.67. The maximum atomic E-state index is 13.5. The van der Waals surface area contributed by atoms with Crippen molar-refractivity contribution in [3.05, 3.63) is 65.2 Å². The Balaban J connectivity index is 2.01. The Hall–Kier alpha value is -1.94. The van der Waals surface area contributed by atoms with Crippen LogP contribution in [0.25, 0.3) is 0 Å². The molecule has 1 N–H and O–H groups in total. The smallest absolute Gasteiger partial charge is 0.127 e. The molecule has 0 aromatic heterocycles. The first kappa shape index (κ1) is 14.5. The molecule has 106 valence electrons. The van der Waals surface area contributed by atoms with Gasteiger partial charge in [-0.05, 0) is 41.9 Å². The van der Waals surface area contributed by atoms with Crippen LogP contribution in [0.15, 0.2) is 42.5 Å². The molecular formula is C16H17F2NO. The third-order valence-corrected chi connectivity index (χ3v) is 2.83. The lowest BCUT2D eigenvalue weighted by atomic mass is 10.2. The topological polar surface area (TPSA) is 21.3 Å². The fourth-order valence-electron chi connectivity index (χ4n) is 1.82. The van der Waals surface area contributed by atoms with Gasteiger partial charge in [-0.1, -0.05) is 19.1 Å². The Kier molecular flexibility index (Phi) is 5.07. The standard InChI is InChI=1S/C16H17F2NO/c1-2-19-10-13-7-15(18)9-16(8-13)20-11-12-3-5-14(17)6-4-12/h3-9,19H,2,10-11H2,1H3. The molecule has 0 atom stereocenters. The van der Waals surface area contributed by atoms with Crippen LogP contribution in [0.4, 0.5) is 8.78 Å². The van der Waals surface area contributed by atoms with E-state index in [9.17, 15) is 8.78 Å². The summed E-state index contributed by atoms with van der Waals surface area (Å²) in [4.78, 5) is 0. The molecule has 0 heterocycles. The number of hydrogen-bond acceptors (Lipinski definition) is 2. The molecular weight excluding hydrogens is 260 g/mol. The second kappa shape index (κ2) is 7.01. The highest BCUT2D eigenvalue weighted by atomic mass is 19.1. The van der Waals surface area contributed by atoms with E-state index in [1.165, 1.54) is 24.3 Å². The number of ether oxygens (including phenoxy) is 1. The number of hydrogen-bond donors (Lipinski definition) is 1. The summed E-state index contributed by atoms with van der Waals surface area (Å²) in [6.07, 6.45) is 0. The minimum atomic E-state index is -0.325. The van der Waals surface area contributed by atoms with Crippen LogP contribution < -0.4 is 10.1 Å². The first-order valence-electron chi connectivity index (χ1n) is 6.55. The summed E-state index contributed by atoms with van der Waals surface area (Å²) in [6.45, 7) is 3.69. The van der Waals surface area contributed by atoms with Gasteiger partial charge < -0.3 is 10.1 Å². The summed E-state index contributed by atoms with van der Waals surface area (Å²) in [7, 11) is 0. The molecule has 2 rings (SSSR count). The van der Waals surface area contributed by atoms with E-state index in [-0.39, 0.29) is 18.2 Å². The molecule has 0 radical (unpaired) electrons. The van der Waals surface area contributed by atoms with Gasteiger partial charge in [-0.15, -0.1) is 0 Å². The minimum absolute atomic E-state index is 0.282. The lowest BCUT2D eigenvalue weighted by Crippen LogP contribution is -2.12. The first-order valence-corrected chi connectivity index (χ1v) is 6.55. The van der Waals surface area contributed by atoms with Gasteiger partial charge in [0.15, 0.2) is 0 Å². The van der Waals surface area contributed by atoms with Gasteiger partial charge in [-0.2, -0.15) is 0 Å². The highest BCUT2D eigenvalue weighted by molar-refractivity contribution is 5.30. The monoisotopic (exact) mass is 277 g/mol. The largest absolute Gasteiger partial charge is 0.489 e. The van der Waals surface area contributed by atoms with Gasteiger partial charge in [0.05, 0.1) is 0 Å². The molecule has 0 aliphatic rings. The van der Waals surface area contributed by atoms with Gasteiger partial charge in [-0.25, -0.2) is 8.78 Å². The highest BCUT2D eigenvalue weighted by Gasteiger charge is 2.03. The van der Waals surface area contributed by atoms with Crippen LogP contribution in [-0.4, -0.2) is 6.54 Å². The number of benzene rings is 2. The third kappa shape index (κ3) is 4.31. The molecule has 0 amide bonds. The van der Waals surface area contributed by atoms with E-state index >= 15 is 0 Å². The predicted molar refractivity (Wildman–Crippen MR) is 74.5 cm³/mol. The molecule has 0 aliphatic heterocycles. The van der Waals surface area contributed by atoms with Crippen molar-refractivity contribution in [3.8, 4) is 5.75 Å². The van der Waals surface area contributed by atoms with E-state index in [0.717, 1.165) is 17.7 Å². The summed E-state index contributed by atoms with van der Waals surface area (Å²) >= 11 is 0. The Morgan fingerprint density at radius 1 is 0.950 bits per heavy atom. The zero-order valence-electron chi connectivity index (χ0n) is 11.3. The summed E-state index contributed by atoms with van der Waals surface area (Å²) in [6, 6.07) is 10.7. The Labute approximate surface area is 117 Å². The van der Waals surface area contributed by atoms with Crippen molar-refractivity contribution in [2.45, 2.75) is 20.1 Å². The van der Waals surface area contributed by atoms with Crippen molar-refractivity contribution in [1.29, 1.82) is 0 Å². The van der Waals surface area contributed by atoms with Crippen molar-refractivity contribution < 1.29 is 13.5 Å². The lowest BCUT2D eigenvalue weighted by molar-refractivity contribution is 0.304. The highest BCUT2D eigenvalue weighted by Crippen LogP contribution is 2.18. The van der Waals surface area contributed by atoms with Crippen molar-refractivity contribution in [3.63, 3.8) is 0 Å². The molecule has 2 aromatic rings. The van der Waals surface area contributed by atoms with E-state index in [4.69, 9.17) is 4.74 Å². The fraction of sp³-hybridized carbons (Fsp3) is 0.250. The normalized spacial score (nSPS) is 10.6. The lowest BCUT2D eigenvalue weighted by Gasteiger charge is -2.09. The van der Waals surface area contributed by atoms with Crippen LogP contribution in [0.1, 0.15) is 18.1 Å². The van der Waals surface area contributed by atoms with E-state index in [1.54, 1.807) is 18.2 Å². The molecule has 0 saturated heterocycles. The summed E-state index contributed by atoms with van der Waals surface area (Å²) in [5, 5.41) is 3.14. The van der Waals surface area contributed by atoms with Crippen LogP contribution in [0.3, 0.4) is 0 Å². The Bertz CT molecular complexity index is 555. The van der Waals surface area contributed by atoms with Crippen molar-refractivity contribution in [2.24, 2.45) is 0 Å². The molecule has 0 unspecified atom stereocenters. The zero-order valence-corrected chi connectivity index (χ0v) is 11.3.